The van der Waals surface area contributed by atoms with Gasteiger partial charge in [0, 0.05) is 0 Å². The molecule has 0 unspecified atom stereocenters. The minimum absolute atomic E-state index is 0.213. The molecule has 1 N–H and O–H groups in total. The predicted octanol–water partition coefficient (Wildman–Crippen LogP) is 0.888. The van der Waals surface area contributed by atoms with Crippen molar-refractivity contribution in [2.75, 3.05) is 27.9 Å². The first-order chi connectivity index (χ1) is 10.9. The lowest BCUT2D eigenvalue weighted by atomic mass is 10.1. The predicted molar refractivity (Wildman–Crippen MR) is 78.1 cm³/mol. The molecular weight excluding hydrogens is 308 g/mol. The molecule has 23 heavy (non-hydrogen) atoms. The van der Waals surface area contributed by atoms with Crippen LogP contribution in [0.5, 0.6) is 11.5 Å². The van der Waals surface area contributed by atoms with Gasteiger partial charge >= 0.3 is 17.9 Å². The number of rotatable bonds is 7. The molecule has 124 valence electrons. The summed E-state index contributed by atoms with van der Waals surface area (Å²) in [4.78, 5) is 33.7. The van der Waals surface area contributed by atoms with E-state index in [1.54, 1.807) is 0 Å². The Kier molecular flexibility index (Phi) is 6.60. The van der Waals surface area contributed by atoms with Crippen molar-refractivity contribution >= 4 is 24.0 Å². The Morgan fingerprint density at radius 3 is 2.13 bits per heavy atom. The lowest BCUT2D eigenvalue weighted by molar-refractivity contribution is -0.144. The number of hydrogen-bond acceptors (Lipinski definition) is 7. The van der Waals surface area contributed by atoms with Gasteiger partial charge in [-0.2, -0.15) is 0 Å². The molecule has 0 aliphatic rings. The van der Waals surface area contributed by atoms with E-state index in [2.05, 4.69) is 9.47 Å². The number of carboxylic acid groups (broad SMARTS) is 1. The van der Waals surface area contributed by atoms with Gasteiger partial charge in [0.1, 0.15) is 5.57 Å². The smallest absolute Gasteiger partial charge is 0.345 e. The van der Waals surface area contributed by atoms with Crippen LogP contribution >= 0.6 is 0 Å². The lowest BCUT2D eigenvalue weighted by Crippen LogP contribution is -2.15. The van der Waals surface area contributed by atoms with Crippen molar-refractivity contribution in [3.63, 3.8) is 0 Å². The fourth-order valence-electron chi connectivity index (χ4n) is 1.62. The highest BCUT2D eigenvalue weighted by molar-refractivity contribution is 6.17. The standard InChI is InChI=1S/C15H16O8/c1-20-12-7-9(4-5-11(12)23-8-13(16)17)6-10(14(18)21-2)15(19)22-3/h4-7H,8H2,1-3H3,(H,16,17). The molecule has 0 aromatic heterocycles. The summed E-state index contributed by atoms with van der Waals surface area (Å²) in [5.41, 5.74) is 0.145. The van der Waals surface area contributed by atoms with E-state index in [9.17, 15) is 14.4 Å². The van der Waals surface area contributed by atoms with E-state index < -0.39 is 24.5 Å². The average molecular weight is 324 g/mol. The molecule has 0 saturated heterocycles. The van der Waals surface area contributed by atoms with Crippen LogP contribution in [-0.4, -0.2) is 51.0 Å². The minimum Gasteiger partial charge on any atom is -0.493 e. The third-order valence-corrected chi connectivity index (χ3v) is 2.66. The van der Waals surface area contributed by atoms with Crippen LogP contribution in [0.3, 0.4) is 0 Å². The van der Waals surface area contributed by atoms with E-state index >= 15 is 0 Å². The molecule has 0 spiro atoms. The molecule has 0 atom stereocenters. The Morgan fingerprint density at radius 1 is 1.04 bits per heavy atom. The molecule has 0 aliphatic heterocycles. The summed E-state index contributed by atoms with van der Waals surface area (Å²) in [5.74, 6) is -2.36. The number of carbonyl (C=O) groups is 3. The Bertz CT molecular complexity index is 614. The Labute approximate surface area is 132 Å². The van der Waals surface area contributed by atoms with Gasteiger partial charge in [0.05, 0.1) is 21.3 Å². The first-order valence-corrected chi connectivity index (χ1v) is 6.33. The van der Waals surface area contributed by atoms with Gasteiger partial charge in [0.25, 0.3) is 0 Å². The number of benzene rings is 1. The van der Waals surface area contributed by atoms with Crippen LogP contribution in [0.15, 0.2) is 23.8 Å². The second-order valence-electron chi connectivity index (χ2n) is 4.13. The van der Waals surface area contributed by atoms with Gasteiger partial charge in [-0.15, -0.1) is 0 Å². The van der Waals surface area contributed by atoms with Gasteiger partial charge in [-0.1, -0.05) is 6.07 Å². The zero-order valence-corrected chi connectivity index (χ0v) is 12.8. The maximum atomic E-state index is 11.6. The summed E-state index contributed by atoms with van der Waals surface area (Å²) in [6.07, 6.45) is 1.27. The third-order valence-electron chi connectivity index (χ3n) is 2.66. The first kappa shape index (κ1) is 18.0. The summed E-state index contributed by atoms with van der Waals surface area (Å²) >= 11 is 0. The van der Waals surface area contributed by atoms with Crippen LogP contribution in [-0.2, 0) is 23.9 Å². The molecule has 0 fully saturated rings. The normalized spacial score (nSPS) is 9.52. The minimum atomic E-state index is -1.13. The molecule has 0 amide bonds. The number of hydrogen-bond donors (Lipinski definition) is 1. The molecule has 8 nitrogen and oxygen atoms in total. The SMILES string of the molecule is COC(=O)C(=Cc1ccc(OCC(=O)O)c(OC)c1)C(=O)OC. The van der Waals surface area contributed by atoms with E-state index in [0.29, 0.717) is 5.56 Å². The van der Waals surface area contributed by atoms with E-state index in [4.69, 9.17) is 14.6 Å². The summed E-state index contributed by atoms with van der Waals surface area (Å²) in [7, 11) is 3.66. The van der Waals surface area contributed by atoms with Crippen LogP contribution in [0.1, 0.15) is 5.56 Å². The fourth-order valence-corrected chi connectivity index (χ4v) is 1.62. The Balaban J connectivity index is 3.16. The lowest BCUT2D eigenvalue weighted by Gasteiger charge is -2.10. The molecule has 8 heteroatoms. The fraction of sp³-hybridized carbons (Fsp3) is 0.267. The maximum Gasteiger partial charge on any atom is 0.345 e. The second-order valence-corrected chi connectivity index (χ2v) is 4.13. The second kappa shape index (κ2) is 8.42. The molecule has 0 heterocycles. The van der Waals surface area contributed by atoms with Gasteiger partial charge in [-0.3, -0.25) is 0 Å². The number of carbonyl (C=O) groups excluding carboxylic acids is 2. The van der Waals surface area contributed by atoms with Gasteiger partial charge in [0.15, 0.2) is 18.1 Å². The third kappa shape index (κ3) is 5.03. The molecule has 0 bridgehead atoms. The van der Waals surface area contributed by atoms with Crippen LogP contribution in [0.25, 0.3) is 6.08 Å². The topological polar surface area (TPSA) is 108 Å². The molecule has 0 radical (unpaired) electrons. The monoisotopic (exact) mass is 324 g/mol. The van der Waals surface area contributed by atoms with Crippen molar-refractivity contribution < 1.29 is 38.4 Å². The summed E-state index contributed by atoms with van der Waals surface area (Å²) in [5, 5.41) is 8.61. The van der Waals surface area contributed by atoms with Gasteiger partial charge < -0.3 is 24.1 Å². The quantitative estimate of drug-likeness (QED) is 0.341. The van der Waals surface area contributed by atoms with Crippen molar-refractivity contribution in [2.24, 2.45) is 0 Å². The van der Waals surface area contributed by atoms with E-state index in [0.717, 1.165) is 14.2 Å². The molecular formula is C15H16O8. The first-order valence-electron chi connectivity index (χ1n) is 6.33. The van der Waals surface area contributed by atoms with E-state index in [1.165, 1.54) is 31.4 Å². The number of methoxy groups -OCH3 is 3. The van der Waals surface area contributed by atoms with Crippen LogP contribution in [0.2, 0.25) is 0 Å². The van der Waals surface area contributed by atoms with Gasteiger partial charge in [0.2, 0.25) is 0 Å². The zero-order valence-electron chi connectivity index (χ0n) is 12.8. The van der Waals surface area contributed by atoms with Gasteiger partial charge in [-0.25, -0.2) is 14.4 Å². The van der Waals surface area contributed by atoms with E-state index in [-0.39, 0.29) is 17.1 Å². The molecule has 1 rings (SSSR count). The highest BCUT2D eigenvalue weighted by atomic mass is 16.5. The van der Waals surface area contributed by atoms with Crippen molar-refractivity contribution in [3.8, 4) is 11.5 Å². The number of ether oxygens (including phenoxy) is 4. The molecule has 1 aromatic rings. The van der Waals surface area contributed by atoms with Crippen LogP contribution < -0.4 is 9.47 Å². The van der Waals surface area contributed by atoms with E-state index in [1.807, 2.05) is 0 Å². The zero-order chi connectivity index (χ0) is 17.4. The Hall–Kier alpha value is -3.03. The summed E-state index contributed by atoms with van der Waals surface area (Å²) < 4.78 is 19.2. The molecule has 0 aliphatic carbocycles. The van der Waals surface area contributed by atoms with Crippen LogP contribution in [0, 0.1) is 0 Å². The Morgan fingerprint density at radius 2 is 1.65 bits per heavy atom. The van der Waals surface area contributed by atoms with Crippen molar-refractivity contribution in [3.05, 3.63) is 29.3 Å². The van der Waals surface area contributed by atoms with Crippen molar-refractivity contribution in [1.82, 2.24) is 0 Å². The van der Waals surface area contributed by atoms with Crippen molar-refractivity contribution in [1.29, 1.82) is 0 Å². The van der Waals surface area contributed by atoms with Gasteiger partial charge in [-0.05, 0) is 23.8 Å². The summed E-state index contributed by atoms with van der Waals surface area (Å²) in [6.45, 7) is -0.527. The number of esters is 2. The highest BCUT2D eigenvalue weighted by Gasteiger charge is 2.20. The van der Waals surface area contributed by atoms with Crippen molar-refractivity contribution in [2.45, 2.75) is 0 Å². The summed E-state index contributed by atoms with van der Waals surface area (Å²) in [6, 6.07) is 4.45. The largest absolute Gasteiger partial charge is 0.493 e. The maximum absolute atomic E-state index is 11.6. The number of carboxylic acids is 1. The van der Waals surface area contributed by atoms with Crippen LogP contribution in [0.4, 0.5) is 0 Å². The number of aliphatic carboxylic acids is 1. The molecule has 0 saturated carbocycles. The highest BCUT2D eigenvalue weighted by Crippen LogP contribution is 2.29. The molecule has 1 aromatic carbocycles. The average Bonchev–Trinajstić information content (AvgIpc) is 2.56.